The van der Waals surface area contributed by atoms with E-state index in [9.17, 15) is 13.6 Å². The number of ether oxygens (including phenoxy) is 2. The molecule has 0 aliphatic carbocycles. The topological polar surface area (TPSA) is 50.8 Å². The molecule has 1 aromatic rings. The maximum atomic E-state index is 13.2. The van der Waals surface area contributed by atoms with Gasteiger partial charge in [-0.2, -0.15) is 0 Å². The van der Waals surface area contributed by atoms with Gasteiger partial charge in [0.2, 0.25) is 0 Å². The number of amides is 2. The largest absolute Gasteiger partial charge is 0.378 e. The highest BCUT2D eigenvalue weighted by Crippen LogP contribution is 2.29. The minimum absolute atomic E-state index is 0.0441. The summed E-state index contributed by atoms with van der Waals surface area (Å²) in [7, 11) is 0. The molecular formula is C17H22F2N2O3. The first-order valence-electron chi connectivity index (χ1n) is 8.20. The molecule has 1 N–H and O–H groups in total. The lowest BCUT2D eigenvalue weighted by Crippen LogP contribution is -2.59. The average molecular weight is 340 g/mol. The van der Waals surface area contributed by atoms with Gasteiger partial charge in [0.1, 0.15) is 5.60 Å². The van der Waals surface area contributed by atoms with Crippen LogP contribution in [0.15, 0.2) is 18.2 Å². The second kappa shape index (κ2) is 7.03. The molecule has 5 nitrogen and oxygen atoms in total. The SMILES string of the molecule is C[C@@H]1CN(C(=O)NCCc2ccc(F)c(F)c2)C[C@]2(CCOC2)O1. The van der Waals surface area contributed by atoms with Crippen LogP contribution in [0.4, 0.5) is 13.6 Å². The molecular weight excluding hydrogens is 318 g/mol. The lowest BCUT2D eigenvalue weighted by molar-refractivity contribution is -0.137. The third-order valence-corrected chi connectivity index (χ3v) is 4.44. The van der Waals surface area contributed by atoms with Crippen LogP contribution in [0.5, 0.6) is 0 Å². The van der Waals surface area contributed by atoms with Crippen molar-refractivity contribution in [1.82, 2.24) is 10.2 Å². The van der Waals surface area contributed by atoms with E-state index in [-0.39, 0.29) is 12.1 Å². The summed E-state index contributed by atoms with van der Waals surface area (Å²) in [5.41, 5.74) is 0.250. The molecule has 2 saturated heterocycles. The highest BCUT2D eigenvalue weighted by Gasteiger charge is 2.43. The first kappa shape index (κ1) is 17.1. The van der Waals surface area contributed by atoms with Crippen molar-refractivity contribution in [3.8, 4) is 0 Å². The van der Waals surface area contributed by atoms with Crippen molar-refractivity contribution < 1.29 is 23.0 Å². The van der Waals surface area contributed by atoms with Gasteiger partial charge in [-0.3, -0.25) is 0 Å². The third-order valence-electron chi connectivity index (χ3n) is 4.44. The van der Waals surface area contributed by atoms with Crippen molar-refractivity contribution in [2.24, 2.45) is 0 Å². The second-order valence-electron chi connectivity index (χ2n) is 6.52. The number of morpholine rings is 1. The third kappa shape index (κ3) is 3.84. The summed E-state index contributed by atoms with van der Waals surface area (Å²) in [6, 6.07) is 3.61. The fourth-order valence-corrected chi connectivity index (χ4v) is 3.31. The van der Waals surface area contributed by atoms with Crippen LogP contribution in [0.25, 0.3) is 0 Å². The van der Waals surface area contributed by atoms with Crippen LogP contribution in [-0.2, 0) is 15.9 Å². The van der Waals surface area contributed by atoms with Crippen molar-refractivity contribution in [3.05, 3.63) is 35.4 Å². The van der Waals surface area contributed by atoms with Gasteiger partial charge in [-0.15, -0.1) is 0 Å². The van der Waals surface area contributed by atoms with Crippen LogP contribution in [0, 0.1) is 11.6 Å². The maximum Gasteiger partial charge on any atom is 0.317 e. The first-order chi connectivity index (χ1) is 11.5. The Morgan fingerprint density at radius 2 is 2.25 bits per heavy atom. The van der Waals surface area contributed by atoms with E-state index in [4.69, 9.17) is 9.47 Å². The Kier molecular flexibility index (Phi) is 5.01. The van der Waals surface area contributed by atoms with Crippen molar-refractivity contribution in [2.75, 3.05) is 32.8 Å². The molecule has 2 fully saturated rings. The van der Waals surface area contributed by atoms with Crippen molar-refractivity contribution in [2.45, 2.75) is 31.5 Å². The molecule has 0 aromatic heterocycles. The van der Waals surface area contributed by atoms with E-state index in [1.54, 1.807) is 4.90 Å². The number of halogens is 2. The molecule has 2 heterocycles. The number of rotatable bonds is 3. The van der Waals surface area contributed by atoms with Gasteiger partial charge in [0.15, 0.2) is 11.6 Å². The quantitative estimate of drug-likeness (QED) is 0.917. The predicted octanol–water partition coefficient (Wildman–Crippen LogP) is 2.10. The summed E-state index contributed by atoms with van der Waals surface area (Å²) in [5.74, 6) is -1.74. The minimum atomic E-state index is -0.871. The zero-order chi connectivity index (χ0) is 17.2. The molecule has 2 atom stereocenters. The molecule has 0 bridgehead atoms. The monoisotopic (exact) mass is 340 g/mol. The Labute approximate surface area is 139 Å². The van der Waals surface area contributed by atoms with Gasteiger partial charge in [-0.25, -0.2) is 13.6 Å². The summed E-state index contributed by atoms with van der Waals surface area (Å²) < 4.78 is 37.5. The van der Waals surface area contributed by atoms with E-state index in [0.717, 1.165) is 18.6 Å². The van der Waals surface area contributed by atoms with Crippen molar-refractivity contribution in [3.63, 3.8) is 0 Å². The number of benzene rings is 1. The second-order valence-corrected chi connectivity index (χ2v) is 6.52. The van der Waals surface area contributed by atoms with E-state index < -0.39 is 17.2 Å². The smallest absolute Gasteiger partial charge is 0.317 e. The number of hydrogen-bond acceptors (Lipinski definition) is 3. The number of nitrogens with zero attached hydrogens (tertiary/aromatic N) is 1. The lowest BCUT2D eigenvalue weighted by atomic mass is 9.99. The van der Waals surface area contributed by atoms with E-state index in [1.807, 2.05) is 6.92 Å². The van der Waals surface area contributed by atoms with E-state index >= 15 is 0 Å². The Morgan fingerprint density at radius 3 is 2.96 bits per heavy atom. The average Bonchev–Trinajstić information content (AvgIpc) is 2.97. The molecule has 132 valence electrons. The normalized spacial score (nSPS) is 26.8. The van der Waals surface area contributed by atoms with Crippen molar-refractivity contribution >= 4 is 6.03 Å². The Balaban J connectivity index is 1.51. The zero-order valence-electron chi connectivity index (χ0n) is 13.7. The molecule has 0 radical (unpaired) electrons. The highest BCUT2D eigenvalue weighted by molar-refractivity contribution is 5.74. The Bertz CT molecular complexity index is 605. The highest BCUT2D eigenvalue weighted by atomic mass is 19.2. The number of nitrogens with one attached hydrogen (secondary N) is 1. The summed E-state index contributed by atoms with van der Waals surface area (Å²) >= 11 is 0. The molecule has 0 saturated carbocycles. The first-order valence-corrected chi connectivity index (χ1v) is 8.20. The molecule has 24 heavy (non-hydrogen) atoms. The summed E-state index contributed by atoms with van der Waals surface area (Å²) in [4.78, 5) is 14.1. The van der Waals surface area contributed by atoms with E-state index in [1.165, 1.54) is 6.07 Å². The Morgan fingerprint density at radius 1 is 1.42 bits per heavy atom. The van der Waals surface area contributed by atoms with Gasteiger partial charge < -0.3 is 19.7 Å². The molecule has 2 aliphatic heterocycles. The number of hydrogen-bond donors (Lipinski definition) is 1. The van der Waals surface area contributed by atoms with Crippen LogP contribution in [0.3, 0.4) is 0 Å². The molecule has 2 aliphatic rings. The van der Waals surface area contributed by atoms with Crippen LogP contribution < -0.4 is 5.32 Å². The standard InChI is InChI=1S/C17H22F2N2O3/c1-12-9-21(10-17(24-12)5-7-23-11-17)16(22)20-6-4-13-2-3-14(18)15(19)8-13/h2-3,8,12H,4-7,9-11H2,1H3,(H,20,22)/t12-,17+/m1/s1. The minimum Gasteiger partial charge on any atom is -0.378 e. The lowest BCUT2D eigenvalue weighted by Gasteiger charge is -2.42. The van der Waals surface area contributed by atoms with Crippen LogP contribution in [0.2, 0.25) is 0 Å². The van der Waals surface area contributed by atoms with E-state index in [2.05, 4.69) is 5.32 Å². The van der Waals surface area contributed by atoms with E-state index in [0.29, 0.717) is 44.8 Å². The van der Waals surface area contributed by atoms with Gasteiger partial charge in [-0.1, -0.05) is 6.07 Å². The van der Waals surface area contributed by atoms with Gasteiger partial charge >= 0.3 is 6.03 Å². The van der Waals surface area contributed by atoms with Gasteiger partial charge in [0, 0.05) is 26.1 Å². The van der Waals surface area contributed by atoms with Gasteiger partial charge in [-0.05, 0) is 31.0 Å². The fourth-order valence-electron chi connectivity index (χ4n) is 3.31. The molecule has 0 unspecified atom stereocenters. The van der Waals surface area contributed by atoms with Gasteiger partial charge in [0.05, 0.1) is 19.3 Å². The zero-order valence-corrected chi connectivity index (χ0v) is 13.7. The summed E-state index contributed by atoms with van der Waals surface area (Å²) in [6.07, 6.45) is 1.19. The van der Waals surface area contributed by atoms with Crippen molar-refractivity contribution in [1.29, 1.82) is 0 Å². The molecule has 2 amide bonds. The summed E-state index contributed by atoms with van der Waals surface area (Å²) in [5, 5.41) is 2.84. The number of urea groups is 1. The van der Waals surface area contributed by atoms with Crippen LogP contribution >= 0.6 is 0 Å². The molecule has 1 spiro atoms. The van der Waals surface area contributed by atoms with Gasteiger partial charge in [0.25, 0.3) is 0 Å². The molecule has 7 heteroatoms. The Hall–Kier alpha value is -1.73. The van der Waals surface area contributed by atoms with Crippen LogP contribution in [0.1, 0.15) is 18.9 Å². The maximum absolute atomic E-state index is 13.2. The predicted molar refractivity (Wildman–Crippen MR) is 83.7 cm³/mol. The molecule has 1 aromatic carbocycles. The molecule has 3 rings (SSSR count). The van der Waals surface area contributed by atoms with Crippen LogP contribution in [-0.4, -0.2) is 55.5 Å². The summed E-state index contributed by atoms with van der Waals surface area (Å²) in [6.45, 7) is 4.50. The number of carbonyl (C=O) groups is 1. The fraction of sp³-hybridized carbons (Fsp3) is 0.588. The number of carbonyl (C=O) groups excluding carboxylic acids is 1.